The van der Waals surface area contributed by atoms with E-state index in [9.17, 15) is 18.5 Å². The van der Waals surface area contributed by atoms with Crippen LogP contribution in [0.3, 0.4) is 0 Å². The number of nitriles is 1. The van der Waals surface area contributed by atoms with Gasteiger partial charge in [-0.05, 0) is 51.8 Å². The maximum Gasteiger partial charge on any atom is 0.410 e. The number of piperidine rings is 1. The number of imidazole rings is 1. The molecule has 168 valence electrons. The number of carbonyl (C=O) groups excluding carboxylic acids is 1. The number of benzene rings is 1. The summed E-state index contributed by atoms with van der Waals surface area (Å²) in [5.41, 5.74) is -0.912. The van der Waals surface area contributed by atoms with Crippen LogP contribution in [0, 0.1) is 11.3 Å². The first-order chi connectivity index (χ1) is 14.3. The lowest BCUT2D eigenvalue weighted by Crippen LogP contribution is -2.48. The van der Waals surface area contributed by atoms with E-state index >= 15 is 0 Å². The van der Waals surface area contributed by atoms with Gasteiger partial charge in [0.05, 0.1) is 17.1 Å². The number of amides is 1. The van der Waals surface area contributed by atoms with Gasteiger partial charge in [-0.2, -0.15) is 18.0 Å². The highest BCUT2D eigenvalue weighted by Crippen LogP contribution is 2.38. The maximum absolute atomic E-state index is 13.2. The molecule has 1 aromatic heterocycles. The molecule has 1 fully saturated rings. The van der Waals surface area contributed by atoms with Crippen LogP contribution < -0.4 is 0 Å². The average Bonchev–Trinajstić information content (AvgIpc) is 3.06. The fourth-order valence-corrected chi connectivity index (χ4v) is 5.01. The first-order valence-corrected chi connectivity index (χ1v) is 12.0. The third-order valence-electron chi connectivity index (χ3n) is 5.18. The maximum atomic E-state index is 13.2. The first-order valence-electron chi connectivity index (χ1n) is 9.81. The van der Waals surface area contributed by atoms with Crippen LogP contribution in [0.1, 0.15) is 39.4 Å². The molecule has 0 radical (unpaired) electrons. The lowest BCUT2D eigenvalue weighted by molar-refractivity contribution is 0.0182. The van der Waals surface area contributed by atoms with Crippen molar-refractivity contribution in [2.75, 3.05) is 27.2 Å². The first kappa shape index (κ1) is 23.5. The summed E-state index contributed by atoms with van der Waals surface area (Å²) in [6, 6.07) is 7.47. The van der Waals surface area contributed by atoms with E-state index in [0.29, 0.717) is 15.5 Å². The van der Waals surface area contributed by atoms with E-state index < -0.39 is 27.3 Å². The zero-order valence-electron chi connectivity index (χ0n) is 18.2. The van der Waals surface area contributed by atoms with Gasteiger partial charge in [0.25, 0.3) is 0 Å². The molecule has 11 heteroatoms. The highest BCUT2D eigenvalue weighted by Gasteiger charge is 2.44. The molecule has 0 aliphatic carbocycles. The summed E-state index contributed by atoms with van der Waals surface area (Å²) in [5, 5.41) is 10.2. The summed E-state index contributed by atoms with van der Waals surface area (Å²) in [6.45, 7) is 5.90. The molecule has 31 heavy (non-hydrogen) atoms. The Labute approximate surface area is 190 Å². The summed E-state index contributed by atoms with van der Waals surface area (Å²) in [7, 11) is -1.07. The lowest BCUT2D eigenvalue weighted by Gasteiger charge is -2.37. The summed E-state index contributed by atoms with van der Waals surface area (Å²) in [6.07, 6.45) is 0.0456. The number of aromatic nitrogens is 2. The quantitative estimate of drug-likeness (QED) is 0.625. The number of likely N-dealkylation sites (tertiary alicyclic amines) is 1. The average molecular weight is 512 g/mol. The van der Waals surface area contributed by atoms with Gasteiger partial charge in [-0.15, -0.1) is 0 Å². The van der Waals surface area contributed by atoms with Crippen LogP contribution in [-0.2, 0) is 20.4 Å². The smallest absolute Gasteiger partial charge is 0.410 e. The van der Waals surface area contributed by atoms with Crippen molar-refractivity contribution in [1.82, 2.24) is 18.2 Å². The van der Waals surface area contributed by atoms with Crippen LogP contribution in [-0.4, -0.2) is 65.5 Å². The van der Waals surface area contributed by atoms with Gasteiger partial charge in [-0.3, -0.25) is 0 Å². The Morgan fingerprint density at radius 2 is 1.90 bits per heavy atom. The molecule has 0 N–H and O–H groups in total. The van der Waals surface area contributed by atoms with Crippen LogP contribution in [0.5, 0.6) is 0 Å². The van der Waals surface area contributed by atoms with Gasteiger partial charge >= 0.3 is 16.3 Å². The van der Waals surface area contributed by atoms with E-state index in [1.165, 1.54) is 14.1 Å². The number of ether oxygens (including phenoxy) is 1. The highest BCUT2D eigenvalue weighted by molar-refractivity contribution is 9.10. The summed E-state index contributed by atoms with van der Waals surface area (Å²) in [5.74, 6) is 0.167. The molecule has 0 atom stereocenters. The Kier molecular flexibility index (Phi) is 6.12. The van der Waals surface area contributed by atoms with E-state index in [1.54, 1.807) is 43.9 Å². The number of rotatable bonds is 3. The normalized spacial score (nSPS) is 17.0. The minimum atomic E-state index is -3.95. The summed E-state index contributed by atoms with van der Waals surface area (Å²) >= 11 is 3.38. The van der Waals surface area contributed by atoms with Crippen molar-refractivity contribution in [3.63, 3.8) is 0 Å². The number of fused-ring (bicyclic) bond motifs is 1. The van der Waals surface area contributed by atoms with E-state index in [2.05, 4.69) is 27.0 Å². The van der Waals surface area contributed by atoms with Crippen molar-refractivity contribution >= 4 is 43.3 Å². The lowest BCUT2D eigenvalue weighted by atomic mass is 9.79. The number of hydrogen-bond donors (Lipinski definition) is 0. The Balaban J connectivity index is 2.07. The Morgan fingerprint density at radius 1 is 1.29 bits per heavy atom. The Hall–Kier alpha value is -2.16. The predicted molar refractivity (Wildman–Crippen MR) is 120 cm³/mol. The van der Waals surface area contributed by atoms with E-state index in [0.717, 1.165) is 8.28 Å². The van der Waals surface area contributed by atoms with Crippen LogP contribution in [0.15, 0.2) is 22.7 Å². The SMILES string of the molecule is CN(C)S(=O)(=O)n1c(C2(C#N)CCN(C(=O)OC(C)(C)C)CC2)nc2ccc(Br)cc21. The standard InChI is InChI=1S/C20H26BrN5O4S/c1-19(2,3)30-18(27)25-10-8-20(13-22,9-11-25)17-23-15-7-6-14(21)12-16(15)26(17)31(28,29)24(4)5/h6-7,12H,8-11H2,1-5H3. The van der Waals surface area contributed by atoms with Gasteiger partial charge in [-0.1, -0.05) is 15.9 Å². The molecule has 2 aromatic rings. The van der Waals surface area contributed by atoms with E-state index in [4.69, 9.17) is 4.74 Å². The molecule has 0 unspecified atom stereocenters. The van der Waals surface area contributed by atoms with E-state index in [1.807, 2.05) is 0 Å². The van der Waals surface area contributed by atoms with Crippen molar-refractivity contribution in [2.45, 2.75) is 44.6 Å². The van der Waals surface area contributed by atoms with Crippen molar-refractivity contribution < 1.29 is 17.9 Å². The topological polar surface area (TPSA) is 109 Å². The zero-order valence-corrected chi connectivity index (χ0v) is 20.6. The van der Waals surface area contributed by atoms with E-state index in [-0.39, 0.29) is 31.8 Å². The van der Waals surface area contributed by atoms with Crippen molar-refractivity contribution in [2.24, 2.45) is 0 Å². The molecule has 9 nitrogen and oxygen atoms in total. The molecule has 1 aliphatic rings. The van der Waals surface area contributed by atoms with Crippen LogP contribution in [0.2, 0.25) is 0 Å². The van der Waals surface area contributed by atoms with Gasteiger partial charge in [0.1, 0.15) is 16.8 Å². The van der Waals surface area contributed by atoms with Gasteiger partial charge < -0.3 is 9.64 Å². The minimum Gasteiger partial charge on any atom is -0.444 e. The minimum absolute atomic E-state index is 0.167. The summed E-state index contributed by atoms with van der Waals surface area (Å²) in [4.78, 5) is 18.6. The third-order valence-corrected chi connectivity index (χ3v) is 7.43. The van der Waals surface area contributed by atoms with Crippen molar-refractivity contribution in [3.05, 3.63) is 28.5 Å². The fourth-order valence-electron chi connectivity index (χ4n) is 3.51. The second-order valence-electron chi connectivity index (χ2n) is 8.78. The van der Waals surface area contributed by atoms with Crippen molar-refractivity contribution in [3.8, 4) is 6.07 Å². The number of nitrogens with zero attached hydrogens (tertiary/aromatic N) is 5. The van der Waals surface area contributed by atoms with Crippen LogP contribution in [0.4, 0.5) is 4.79 Å². The number of carbonyl (C=O) groups is 1. The molecule has 0 spiro atoms. The number of halogens is 1. The molecular formula is C20H26BrN5O4S. The predicted octanol–water partition coefficient (Wildman–Crippen LogP) is 3.25. The Bertz CT molecular complexity index is 1150. The molecular weight excluding hydrogens is 486 g/mol. The second-order valence-corrected chi connectivity index (χ2v) is 11.7. The molecule has 3 rings (SSSR count). The molecule has 0 saturated carbocycles. The molecule has 1 aliphatic heterocycles. The van der Waals surface area contributed by atoms with Gasteiger partial charge in [0, 0.05) is 31.7 Å². The Morgan fingerprint density at radius 3 is 2.42 bits per heavy atom. The zero-order chi connectivity index (χ0) is 23.2. The largest absolute Gasteiger partial charge is 0.444 e. The second kappa shape index (κ2) is 8.07. The molecule has 1 amide bonds. The monoisotopic (exact) mass is 511 g/mol. The molecule has 2 heterocycles. The van der Waals surface area contributed by atoms with Gasteiger partial charge in [-0.25, -0.2) is 13.8 Å². The fraction of sp³-hybridized carbons (Fsp3) is 0.550. The van der Waals surface area contributed by atoms with Crippen molar-refractivity contribution in [1.29, 1.82) is 5.26 Å². The molecule has 1 aromatic carbocycles. The third kappa shape index (κ3) is 4.42. The molecule has 0 bridgehead atoms. The van der Waals surface area contributed by atoms with Crippen LogP contribution >= 0.6 is 15.9 Å². The molecule has 1 saturated heterocycles. The van der Waals surface area contributed by atoms with Crippen LogP contribution in [0.25, 0.3) is 11.0 Å². The summed E-state index contributed by atoms with van der Waals surface area (Å²) < 4.78 is 34.8. The number of hydrogen-bond acceptors (Lipinski definition) is 6. The van der Waals surface area contributed by atoms with Gasteiger partial charge in [0.15, 0.2) is 0 Å². The van der Waals surface area contributed by atoms with Gasteiger partial charge in [0.2, 0.25) is 0 Å². The highest BCUT2D eigenvalue weighted by atomic mass is 79.9.